The summed E-state index contributed by atoms with van der Waals surface area (Å²) in [5.41, 5.74) is 5.90. The third-order valence-corrected chi connectivity index (χ3v) is 6.27. The van der Waals surface area contributed by atoms with E-state index in [2.05, 4.69) is 20.5 Å². The van der Waals surface area contributed by atoms with Crippen molar-refractivity contribution in [3.05, 3.63) is 83.7 Å². The molecule has 7 heteroatoms. The highest BCUT2D eigenvalue weighted by Crippen LogP contribution is 2.31. The number of carbonyl (C=O) groups is 1. The molecule has 2 heterocycles. The Kier molecular flexibility index (Phi) is 6.37. The lowest BCUT2D eigenvalue weighted by molar-refractivity contribution is -0.115. The van der Waals surface area contributed by atoms with Crippen molar-refractivity contribution >= 4 is 23.4 Å². The number of nitrogens with zero attached hydrogens (tertiary/aromatic N) is 4. The second-order valence-corrected chi connectivity index (χ2v) is 9.04. The minimum atomic E-state index is -0.371. The highest BCUT2D eigenvalue weighted by Gasteiger charge is 2.22. The zero-order chi connectivity index (χ0) is 22.7. The van der Waals surface area contributed by atoms with E-state index >= 15 is 0 Å². The molecule has 32 heavy (non-hydrogen) atoms. The normalized spacial score (nSPS) is 11.9. The molecule has 0 bridgehead atoms. The molecule has 2 aromatic carbocycles. The summed E-state index contributed by atoms with van der Waals surface area (Å²) in [5.74, 6) is 0.612. The van der Waals surface area contributed by atoms with Gasteiger partial charge in [-0.1, -0.05) is 47.7 Å². The van der Waals surface area contributed by atoms with Crippen molar-refractivity contribution in [2.45, 2.75) is 38.1 Å². The fourth-order valence-electron chi connectivity index (χ4n) is 3.40. The topological polar surface area (TPSA) is 72.7 Å². The molecule has 0 aliphatic heterocycles. The molecule has 0 aliphatic rings. The van der Waals surface area contributed by atoms with Gasteiger partial charge in [-0.2, -0.15) is 0 Å². The van der Waals surface area contributed by atoms with E-state index in [-0.39, 0.29) is 11.2 Å². The molecule has 4 rings (SSSR count). The zero-order valence-corrected chi connectivity index (χ0v) is 19.4. The fourth-order valence-corrected chi connectivity index (χ4v) is 4.27. The van der Waals surface area contributed by atoms with E-state index in [1.807, 2.05) is 86.9 Å². The third-order valence-electron chi connectivity index (χ3n) is 5.23. The fraction of sp³-hybridized carbons (Fsp3) is 0.200. The average Bonchev–Trinajstić information content (AvgIpc) is 3.20. The summed E-state index contributed by atoms with van der Waals surface area (Å²) in [6, 6.07) is 18.0. The van der Waals surface area contributed by atoms with Crippen LogP contribution >= 0.6 is 11.8 Å². The van der Waals surface area contributed by atoms with Gasteiger partial charge < -0.3 is 5.32 Å². The van der Waals surface area contributed by atoms with Crippen LogP contribution in [0.25, 0.3) is 17.1 Å². The number of anilines is 1. The quantitative estimate of drug-likeness (QED) is 0.405. The average molecular weight is 444 g/mol. The van der Waals surface area contributed by atoms with Crippen molar-refractivity contribution in [1.29, 1.82) is 0 Å². The van der Waals surface area contributed by atoms with Gasteiger partial charge in [-0.05, 0) is 63.1 Å². The van der Waals surface area contributed by atoms with Crippen LogP contribution in [0.4, 0.5) is 5.69 Å². The van der Waals surface area contributed by atoms with Gasteiger partial charge in [-0.3, -0.25) is 14.3 Å². The van der Waals surface area contributed by atoms with Crippen molar-refractivity contribution in [3.8, 4) is 17.1 Å². The number of amides is 1. The number of aryl methyl sites for hydroxylation is 3. The van der Waals surface area contributed by atoms with Gasteiger partial charge in [-0.25, -0.2) is 0 Å². The molecular formula is C25H25N5OS. The predicted octanol–water partition coefficient (Wildman–Crippen LogP) is 5.37. The SMILES string of the molecule is Cc1ccc(-n2c(S[C@@H](C)C(=O)Nc3c(C)cccc3C)nnc2-c2cccnc2)cc1. The van der Waals surface area contributed by atoms with E-state index in [0.29, 0.717) is 11.0 Å². The number of pyridine rings is 1. The highest BCUT2D eigenvalue weighted by atomic mass is 32.2. The number of rotatable bonds is 6. The van der Waals surface area contributed by atoms with Crippen LogP contribution in [0.1, 0.15) is 23.6 Å². The van der Waals surface area contributed by atoms with Crippen molar-refractivity contribution in [3.63, 3.8) is 0 Å². The maximum absolute atomic E-state index is 13.0. The van der Waals surface area contributed by atoms with Crippen LogP contribution in [0.15, 0.2) is 72.1 Å². The standard InChI is InChI=1S/C25H25N5OS/c1-16-10-12-21(13-11-16)30-23(20-9-6-14-26-15-20)28-29-25(30)32-19(4)24(31)27-22-17(2)7-5-8-18(22)3/h5-15,19H,1-4H3,(H,27,31)/t19-/m0/s1. The summed E-state index contributed by atoms with van der Waals surface area (Å²) in [4.78, 5) is 17.2. The largest absolute Gasteiger partial charge is 0.325 e. The van der Waals surface area contributed by atoms with Crippen LogP contribution < -0.4 is 5.32 Å². The molecular weight excluding hydrogens is 418 g/mol. The predicted molar refractivity (Wildman–Crippen MR) is 129 cm³/mol. The van der Waals surface area contributed by atoms with Gasteiger partial charge >= 0.3 is 0 Å². The van der Waals surface area contributed by atoms with Gasteiger partial charge in [0.25, 0.3) is 0 Å². The van der Waals surface area contributed by atoms with Gasteiger partial charge in [0, 0.05) is 29.3 Å². The van der Waals surface area contributed by atoms with Crippen molar-refractivity contribution < 1.29 is 4.79 Å². The molecule has 0 spiro atoms. The van der Waals surface area contributed by atoms with E-state index < -0.39 is 0 Å². The van der Waals surface area contributed by atoms with E-state index in [1.54, 1.807) is 12.4 Å². The molecule has 0 aliphatic carbocycles. The molecule has 0 saturated carbocycles. The smallest absolute Gasteiger partial charge is 0.237 e. The number of para-hydroxylation sites is 1. The van der Waals surface area contributed by atoms with Crippen molar-refractivity contribution in [2.75, 3.05) is 5.32 Å². The van der Waals surface area contributed by atoms with Gasteiger partial charge in [0.05, 0.1) is 5.25 Å². The molecule has 0 fully saturated rings. The molecule has 0 saturated heterocycles. The Hall–Kier alpha value is -3.45. The first kappa shape index (κ1) is 21.8. The molecule has 1 amide bonds. The van der Waals surface area contributed by atoms with Gasteiger partial charge in [0.1, 0.15) is 0 Å². The van der Waals surface area contributed by atoms with Crippen LogP contribution in [-0.4, -0.2) is 30.9 Å². The summed E-state index contributed by atoms with van der Waals surface area (Å²) >= 11 is 1.38. The Balaban J connectivity index is 1.65. The molecule has 0 radical (unpaired) electrons. The third kappa shape index (κ3) is 4.57. The van der Waals surface area contributed by atoms with Crippen LogP contribution in [0.2, 0.25) is 0 Å². The molecule has 0 unspecified atom stereocenters. The number of hydrogen-bond acceptors (Lipinski definition) is 5. The number of nitrogens with one attached hydrogen (secondary N) is 1. The van der Waals surface area contributed by atoms with Crippen molar-refractivity contribution in [1.82, 2.24) is 19.7 Å². The van der Waals surface area contributed by atoms with E-state index in [4.69, 9.17) is 0 Å². The van der Waals surface area contributed by atoms with Crippen LogP contribution in [0.5, 0.6) is 0 Å². The first-order chi connectivity index (χ1) is 15.4. The minimum Gasteiger partial charge on any atom is -0.325 e. The molecule has 162 valence electrons. The molecule has 4 aromatic rings. The second-order valence-electron chi connectivity index (χ2n) is 7.73. The number of carbonyl (C=O) groups excluding carboxylic acids is 1. The van der Waals surface area contributed by atoms with Gasteiger partial charge in [0.2, 0.25) is 5.91 Å². The lowest BCUT2D eigenvalue weighted by atomic mass is 10.1. The van der Waals surface area contributed by atoms with E-state index in [0.717, 1.165) is 28.1 Å². The summed E-state index contributed by atoms with van der Waals surface area (Å²) < 4.78 is 1.98. The zero-order valence-electron chi connectivity index (χ0n) is 18.5. The number of thioether (sulfide) groups is 1. The Morgan fingerprint density at radius 3 is 2.34 bits per heavy atom. The molecule has 2 aromatic heterocycles. The number of hydrogen-bond donors (Lipinski definition) is 1. The van der Waals surface area contributed by atoms with Crippen LogP contribution in [-0.2, 0) is 4.79 Å². The summed E-state index contributed by atoms with van der Waals surface area (Å²) in [7, 11) is 0. The first-order valence-corrected chi connectivity index (χ1v) is 11.3. The summed E-state index contributed by atoms with van der Waals surface area (Å²) in [6.45, 7) is 7.92. The maximum Gasteiger partial charge on any atom is 0.237 e. The maximum atomic E-state index is 13.0. The van der Waals surface area contributed by atoms with Gasteiger partial charge in [-0.15, -0.1) is 10.2 Å². The monoisotopic (exact) mass is 443 g/mol. The highest BCUT2D eigenvalue weighted by molar-refractivity contribution is 8.00. The lowest BCUT2D eigenvalue weighted by Gasteiger charge is -2.16. The summed E-state index contributed by atoms with van der Waals surface area (Å²) in [6.07, 6.45) is 3.49. The number of aromatic nitrogens is 4. The molecule has 1 N–H and O–H groups in total. The Labute approximate surface area is 192 Å². The lowest BCUT2D eigenvalue weighted by Crippen LogP contribution is -2.23. The minimum absolute atomic E-state index is 0.0752. The van der Waals surface area contributed by atoms with E-state index in [9.17, 15) is 4.79 Å². The molecule has 6 nitrogen and oxygen atoms in total. The van der Waals surface area contributed by atoms with Gasteiger partial charge in [0.15, 0.2) is 11.0 Å². The Bertz CT molecular complexity index is 1210. The summed E-state index contributed by atoms with van der Waals surface area (Å²) in [5, 5.41) is 12.2. The van der Waals surface area contributed by atoms with E-state index in [1.165, 1.54) is 17.3 Å². The molecule has 1 atom stereocenters. The van der Waals surface area contributed by atoms with Crippen LogP contribution in [0, 0.1) is 20.8 Å². The Morgan fingerprint density at radius 1 is 0.969 bits per heavy atom. The number of benzene rings is 2. The Morgan fingerprint density at radius 2 is 1.69 bits per heavy atom. The first-order valence-electron chi connectivity index (χ1n) is 10.4. The van der Waals surface area contributed by atoms with Crippen LogP contribution in [0.3, 0.4) is 0 Å². The van der Waals surface area contributed by atoms with Crippen molar-refractivity contribution in [2.24, 2.45) is 0 Å². The second kappa shape index (κ2) is 9.36.